The Morgan fingerprint density at radius 1 is 1.53 bits per heavy atom. The molecule has 0 aliphatic carbocycles. The lowest BCUT2D eigenvalue weighted by molar-refractivity contribution is 0.277. The minimum atomic E-state index is 0.378. The van der Waals surface area contributed by atoms with Gasteiger partial charge >= 0.3 is 6.01 Å². The zero-order valence-corrected chi connectivity index (χ0v) is 10.2. The molecule has 2 aromatic rings. The molecule has 92 valence electrons. The van der Waals surface area contributed by atoms with Crippen molar-refractivity contribution in [3.05, 3.63) is 29.5 Å². The van der Waals surface area contributed by atoms with Gasteiger partial charge in [-0.2, -0.15) is 4.98 Å². The summed E-state index contributed by atoms with van der Waals surface area (Å²) in [5, 5.41) is 7.08. The number of hydrogen-bond donors (Lipinski definition) is 1. The molecule has 0 aromatic carbocycles. The Balaban J connectivity index is 1.98. The van der Waals surface area contributed by atoms with Crippen LogP contribution in [0.25, 0.3) is 0 Å². The van der Waals surface area contributed by atoms with Crippen LogP contribution in [0.2, 0.25) is 0 Å². The van der Waals surface area contributed by atoms with E-state index in [1.807, 2.05) is 20.0 Å². The highest BCUT2D eigenvalue weighted by atomic mass is 16.5. The molecule has 0 spiro atoms. The third-order valence-corrected chi connectivity index (χ3v) is 2.36. The molecule has 2 rings (SSSR count). The van der Waals surface area contributed by atoms with E-state index in [0.29, 0.717) is 19.2 Å². The van der Waals surface area contributed by atoms with Gasteiger partial charge in [0.1, 0.15) is 24.5 Å². The number of rotatable bonds is 5. The van der Waals surface area contributed by atoms with Crippen LogP contribution < -0.4 is 10.1 Å². The summed E-state index contributed by atoms with van der Waals surface area (Å²) in [5.74, 6) is 1.77. The number of nitrogens with one attached hydrogen (secondary N) is 1. The molecular formula is C11H16N4O2. The van der Waals surface area contributed by atoms with E-state index in [4.69, 9.17) is 9.15 Å². The van der Waals surface area contributed by atoms with Crippen LogP contribution in [-0.2, 0) is 20.2 Å². The summed E-state index contributed by atoms with van der Waals surface area (Å²) >= 11 is 0. The molecule has 0 unspecified atom stereocenters. The quantitative estimate of drug-likeness (QED) is 0.839. The monoisotopic (exact) mass is 236 g/mol. The van der Waals surface area contributed by atoms with Gasteiger partial charge in [0.25, 0.3) is 0 Å². The second-order valence-corrected chi connectivity index (χ2v) is 3.81. The van der Waals surface area contributed by atoms with E-state index in [9.17, 15) is 0 Å². The Morgan fingerprint density at radius 3 is 3.00 bits per heavy atom. The van der Waals surface area contributed by atoms with Crippen LogP contribution in [0.5, 0.6) is 6.01 Å². The summed E-state index contributed by atoms with van der Waals surface area (Å²) in [6.45, 7) is 3.05. The lowest BCUT2D eigenvalue weighted by Gasteiger charge is -1.98. The fourth-order valence-electron chi connectivity index (χ4n) is 1.52. The number of furan rings is 1. The molecule has 0 saturated heterocycles. The molecule has 2 heterocycles. The number of ether oxygens (including phenoxy) is 1. The third kappa shape index (κ3) is 2.85. The molecule has 0 radical (unpaired) electrons. The summed E-state index contributed by atoms with van der Waals surface area (Å²) in [6, 6.07) is 2.36. The van der Waals surface area contributed by atoms with Crippen LogP contribution in [0.3, 0.4) is 0 Å². The average molecular weight is 236 g/mol. The fraction of sp³-hybridized carbons (Fsp3) is 0.455. The third-order valence-electron chi connectivity index (χ3n) is 2.36. The van der Waals surface area contributed by atoms with Crippen molar-refractivity contribution in [1.29, 1.82) is 0 Å². The summed E-state index contributed by atoms with van der Waals surface area (Å²) in [6.07, 6.45) is 1.60. The molecule has 2 aromatic heterocycles. The maximum Gasteiger partial charge on any atom is 0.335 e. The normalized spacial score (nSPS) is 10.8. The van der Waals surface area contributed by atoms with Crippen molar-refractivity contribution in [1.82, 2.24) is 20.1 Å². The van der Waals surface area contributed by atoms with Gasteiger partial charge in [-0.1, -0.05) is 0 Å². The number of hydrogen-bond acceptors (Lipinski definition) is 5. The predicted molar refractivity (Wildman–Crippen MR) is 61.5 cm³/mol. The average Bonchev–Trinajstić information content (AvgIpc) is 2.83. The number of aromatic nitrogens is 3. The van der Waals surface area contributed by atoms with E-state index < -0.39 is 0 Å². The highest BCUT2D eigenvalue weighted by molar-refractivity contribution is 5.20. The molecule has 0 bridgehead atoms. The topological polar surface area (TPSA) is 65.1 Å². The van der Waals surface area contributed by atoms with Crippen LogP contribution in [-0.4, -0.2) is 21.8 Å². The first-order valence-corrected chi connectivity index (χ1v) is 5.40. The van der Waals surface area contributed by atoms with Crippen LogP contribution in [0.1, 0.15) is 17.1 Å². The van der Waals surface area contributed by atoms with E-state index in [1.54, 1.807) is 18.1 Å². The van der Waals surface area contributed by atoms with Crippen molar-refractivity contribution >= 4 is 0 Å². The van der Waals surface area contributed by atoms with E-state index in [1.165, 1.54) is 0 Å². The van der Waals surface area contributed by atoms with Crippen LogP contribution >= 0.6 is 0 Å². The highest BCUT2D eigenvalue weighted by Gasteiger charge is 2.08. The first-order chi connectivity index (χ1) is 8.19. The van der Waals surface area contributed by atoms with Crippen LogP contribution in [0.15, 0.2) is 16.8 Å². The Labute approximate surface area is 99.6 Å². The van der Waals surface area contributed by atoms with Gasteiger partial charge in [0.15, 0.2) is 0 Å². The van der Waals surface area contributed by atoms with Gasteiger partial charge in [-0.25, -0.2) is 0 Å². The molecule has 1 N–H and O–H groups in total. The van der Waals surface area contributed by atoms with Gasteiger partial charge in [0, 0.05) is 12.6 Å². The van der Waals surface area contributed by atoms with E-state index in [-0.39, 0.29) is 0 Å². The zero-order chi connectivity index (χ0) is 12.3. The van der Waals surface area contributed by atoms with Crippen molar-refractivity contribution in [2.24, 2.45) is 7.05 Å². The molecule has 17 heavy (non-hydrogen) atoms. The Kier molecular flexibility index (Phi) is 3.43. The summed E-state index contributed by atoms with van der Waals surface area (Å²) in [7, 11) is 3.68. The Morgan fingerprint density at radius 2 is 2.35 bits per heavy atom. The van der Waals surface area contributed by atoms with Gasteiger partial charge in [0.2, 0.25) is 0 Å². The van der Waals surface area contributed by atoms with Crippen LogP contribution in [0, 0.1) is 6.92 Å². The summed E-state index contributed by atoms with van der Waals surface area (Å²) < 4.78 is 12.6. The molecule has 6 nitrogen and oxygen atoms in total. The molecule has 6 heteroatoms. The van der Waals surface area contributed by atoms with E-state index in [0.717, 1.165) is 17.1 Å². The van der Waals surface area contributed by atoms with Crippen molar-refractivity contribution in [2.45, 2.75) is 20.1 Å². The zero-order valence-electron chi connectivity index (χ0n) is 10.2. The highest BCUT2D eigenvalue weighted by Crippen LogP contribution is 2.16. The van der Waals surface area contributed by atoms with E-state index in [2.05, 4.69) is 15.4 Å². The molecule has 0 saturated carbocycles. The first kappa shape index (κ1) is 11.7. The molecule has 0 amide bonds. The number of nitrogens with zero attached hydrogens (tertiary/aromatic N) is 3. The van der Waals surface area contributed by atoms with Crippen molar-refractivity contribution in [3.63, 3.8) is 0 Å². The van der Waals surface area contributed by atoms with Gasteiger partial charge in [-0.15, -0.1) is 5.10 Å². The van der Waals surface area contributed by atoms with Gasteiger partial charge in [0.05, 0.1) is 6.54 Å². The molecule has 0 aliphatic rings. The Hall–Kier alpha value is -1.82. The largest absolute Gasteiger partial charge is 0.465 e. The van der Waals surface area contributed by atoms with Crippen molar-refractivity contribution in [2.75, 3.05) is 7.05 Å². The minimum Gasteiger partial charge on any atom is -0.465 e. The maximum atomic E-state index is 5.56. The Bertz CT molecular complexity index is 489. The van der Waals surface area contributed by atoms with Crippen LogP contribution in [0.4, 0.5) is 0 Å². The summed E-state index contributed by atoms with van der Waals surface area (Å²) in [4.78, 5) is 3.99. The molecule has 0 atom stereocenters. The maximum absolute atomic E-state index is 5.56. The van der Waals surface area contributed by atoms with Crippen molar-refractivity contribution < 1.29 is 9.15 Å². The predicted octanol–water partition coefficient (Wildman–Crippen LogP) is 1.01. The number of aryl methyl sites for hydroxylation is 2. The SMILES string of the molecule is CNCc1cc(COc2ncn(C)n2)c(C)o1. The lowest BCUT2D eigenvalue weighted by atomic mass is 10.2. The summed E-state index contributed by atoms with van der Waals surface area (Å²) in [5.41, 5.74) is 1.02. The standard InChI is InChI=1S/C11H16N4O2/c1-8-9(4-10(17-8)5-12-2)6-16-11-13-7-15(3)14-11/h4,7,12H,5-6H2,1-3H3. The van der Waals surface area contributed by atoms with Gasteiger partial charge < -0.3 is 14.5 Å². The van der Waals surface area contributed by atoms with Gasteiger partial charge in [-0.05, 0) is 20.0 Å². The molecular weight excluding hydrogens is 220 g/mol. The smallest absolute Gasteiger partial charge is 0.335 e. The van der Waals surface area contributed by atoms with Crippen molar-refractivity contribution in [3.8, 4) is 6.01 Å². The fourth-order valence-corrected chi connectivity index (χ4v) is 1.52. The lowest BCUT2D eigenvalue weighted by Crippen LogP contribution is -2.03. The minimum absolute atomic E-state index is 0.378. The van der Waals surface area contributed by atoms with E-state index >= 15 is 0 Å². The first-order valence-electron chi connectivity index (χ1n) is 5.40. The van der Waals surface area contributed by atoms with Gasteiger partial charge in [-0.3, -0.25) is 4.68 Å². The molecule has 0 fully saturated rings. The second-order valence-electron chi connectivity index (χ2n) is 3.81. The second kappa shape index (κ2) is 5.01. The molecule has 0 aliphatic heterocycles.